The van der Waals surface area contributed by atoms with E-state index in [0.29, 0.717) is 17.5 Å². The number of amides is 1. The zero-order valence-corrected chi connectivity index (χ0v) is 18.3. The normalized spacial score (nSPS) is 22.4. The second kappa shape index (κ2) is 9.79. The average Bonchev–Trinajstić information content (AvgIpc) is 3.24. The van der Waals surface area contributed by atoms with E-state index in [1.807, 2.05) is 12.1 Å². The van der Waals surface area contributed by atoms with Gasteiger partial charge in [0, 0.05) is 34.8 Å². The fourth-order valence-corrected chi connectivity index (χ4v) is 5.13. The van der Waals surface area contributed by atoms with Crippen molar-refractivity contribution < 1.29 is 9.72 Å². The van der Waals surface area contributed by atoms with Gasteiger partial charge in [0.05, 0.1) is 4.92 Å². The minimum absolute atomic E-state index is 0.0571. The molecule has 1 aliphatic heterocycles. The highest BCUT2D eigenvalue weighted by atomic mass is 35.5. The SMILES string of the molecule is O=C(N[C@@H]1CCC[C@H]1N1CCC(Cc2ccc(Cl)cc2)CC1)c1cccc([N+](=O)[O-])c1. The summed E-state index contributed by atoms with van der Waals surface area (Å²) in [5.74, 6) is 0.454. The molecule has 1 saturated carbocycles. The van der Waals surface area contributed by atoms with Crippen LogP contribution >= 0.6 is 11.6 Å². The van der Waals surface area contributed by atoms with Crippen LogP contribution in [0.3, 0.4) is 0 Å². The fourth-order valence-electron chi connectivity index (χ4n) is 5.00. The molecule has 1 aliphatic carbocycles. The Morgan fingerprint density at radius 2 is 1.84 bits per heavy atom. The standard InChI is InChI=1S/C24H28ClN3O3/c25-20-9-7-17(8-10-20)15-18-11-13-27(14-12-18)23-6-2-5-22(23)26-24(29)19-3-1-4-21(16-19)28(30)31/h1,3-4,7-10,16,18,22-23H,2,5-6,11-15H2,(H,26,29)/t22-,23-/m1/s1. The number of nitro benzene ring substituents is 1. The van der Waals surface area contributed by atoms with Crippen LogP contribution in [0, 0.1) is 16.0 Å². The molecule has 7 heteroatoms. The lowest BCUT2D eigenvalue weighted by atomic mass is 9.89. The van der Waals surface area contributed by atoms with Gasteiger partial charge >= 0.3 is 0 Å². The van der Waals surface area contributed by atoms with Crippen molar-refractivity contribution in [3.63, 3.8) is 0 Å². The van der Waals surface area contributed by atoms with Crippen molar-refractivity contribution in [2.24, 2.45) is 5.92 Å². The highest BCUT2D eigenvalue weighted by Crippen LogP contribution is 2.30. The van der Waals surface area contributed by atoms with Crippen molar-refractivity contribution >= 4 is 23.2 Å². The Kier molecular flexibility index (Phi) is 6.88. The molecule has 0 spiro atoms. The van der Waals surface area contributed by atoms with E-state index >= 15 is 0 Å². The van der Waals surface area contributed by atoms with Crippen LogP contribution < -0.4 is 5.32 Å². The second-order valence-electron chi connectivity index (χ2n) is 8.70. The number of nitrogens with zero attached hydrogens (tertiary/aromatic N) is 2. The highest BCUT2D eigenvalue weighted by molar-refractivity contribution is 6.30. The molecule has 164 valence electrons. The maximum absolute atomic E-state index is 12.7. The lowest BCUT2D eigenvalue weighted by Gasteiger charge is -2.38. The van der Waals surface area contributed by atoms with Crippen LogP contribution in [0.4, 0.5) is 5.69 Å². The summed E-state index contributed by atoms with van der Waals surface area (Å²) >= 11 is 5.99. The number of hydrogen-bond acceptors (Lipinski definition) is 4. The first-order valence-electron chi connectivity index (χ1n) is 11.0. The van der Waals surface area contributed by atoms with E-state index in [-0.39, 0.29) is 17.6 Å². The Labute approximate surface area is 187 Å². The van der Waals surface area contributed by atoms with E-state index in [1.165, 1.54) is 17.7 Å². The van der Waals surface area contributed by atoms with Crippen LogP contribution in [0.2, 0.25) is 5.02 Å². The molecule has 0 radical (unpaired) electrons. The lowest BCUT2D eigenvalue weighted by Crippen LogP contribution is -2.51. The number of carbonyl (C=O) groups is 1. The molecule has 4 rings (SSSR count). The Hall–Kier alpha value is -2.44. The monoisotopic (exact) mass is 441 g/mol. The number of likely N-dealkylation sites (tertiary alicyclic amines) is 1. The molecule has 0 bridgehead atoms. The summed E-state index contributed by atoms with van der Waals surface area (Å²) in [7, 11) is 0. The third-order valence-corrected chi connectivity index (χ3v) is 6.92. The highest BCUT2D eigenvalue weighted by Gasteiger charge is 2.35. The summed E-state index contributed by atoms with van der Waals surface area (Å²) in [5.41, 5.74) is 1.63. The number of benzene rings is 2. The molecule has 1 N–H and O–H groups in total. The summed E-state index contributed by atoms with van der Waals surface area (Å²) < 4.78 is 0. The lowest BCUT2D eigenvalue weighted by molar-refractivity contribution is -0.384. The molecular weight excluding hydrogens is 414 g/mol. The number of piperidine rings is 1. The van der Waals surface area contributed by atoms with Crippen LogP contribution in [-0.4, -0.2) is 40.9 Å². The van der Waals surface area contributed by atoms with E-state index in [1.54, 1.807) is 12.1 Å². The molecule has 0 aromatic heterocycles. The first kappa shape index (κ1) is 21.8. The number of nitrogens with one attached hydrogen (secondary N) is 1. The Balaban J connectivity index is 1.31. The van der Waals surface area contributed by atoms with Gasteiger partial charge in [0.2, 0.25) is 0 Å². The van der Waals surface area contributed by atoms with Gasteiger partial charge in [-0.2, -0.15) is 0 Å². The van der Waals surface area contributed by atoms with Gasteiger partial charge in [0.1, 0.15) is 0 Å². The number of hydrogen-bond donors (Lipinski definition) is 1. The Morgan fingerprint density at radius 1 is 1.10 bits per heavy atom. The fraction of sp³-hybridized carbons (Fsp3) is 0.458. The van der Waals surface area contributed by atoms with Crippen molar-refractivity contribution in [1.82, 2.24) is 10.2 Å². The van der Waals surface area contributed by atoms with Gasteiger partial charge in [0.25, 0.3) is 11.6 Å². The van der Waals surface area contributed by atoms with Crippen molar-refractivity contribution in [3.05, 3.63) is 74.8 Å². The summed E-state index contributed by atoms with van der Waals surface area (Å²) in [6, 6.07) is 14.5. The molecule has 2 fully saturated rings. The topological polar surface area (TPSA) is 75.5 Å². The van der Waals surface area contributed by atoms with Gasteiger partial charge in [0.15, 0.2) is 0 Å². The summed E-state index contributed by atoms with van der Waals surface area (Å²) in [6.07, 6.45) is 6.53. The van der Waals surface area contributed by atoms with E-state index in [9.17, 15) is 14.9 Å². The van der Waals surface area contributed by atoms with Crippen LogP contribution in [-0.2, 0) is 6.42 Å². The number of nitro groups is 1. The molecule has 2 aromatic rings. The maximum atomic E-state index is 12.7. The average molecular weight is 442 g/mol. The van der Waals surface area contributed by atoms with Crippen molar-refractivity contribution in [2.75, 3.05) is 13.1 Å². The largest absolute Gasteiger partial charge is 0.348 e. The van der Waals surface area contributed by atoms with Gasteiger partial charge in [-0.1, -0.05) is 29.8 Å². The van der Waals surface area contributed by atoms with E-state index in [4.69, 9.17) is 11.6 Å². The van der Waals surface area contributed by atoms with E-state index in [2.05, 4.69) is 22.3 Å². The van der Waals surface area contributed by atoms with Crippen LogP contribution in [0.5, 0.6) is 0 Å². The quantitative estimate of drug-likeness (QED) is 0.513. The molecule has 0 unspecified atom stereocenters. The van der Waals surface area contributed by atoms with Crippen molar-refractivity contribution in [3.8, 4) is 0 Å². The zero-order chi connectivity index (χ0) is 21.8. The number of carbonyl (C=O) groups excluding carboxylic acids is 1. The minimum atomic E-state index is -0.469. The predicted octanol–water partition coefficient (Wildman–Crippen LogP) is 4.85. The van der Waals surface area contributed by atoms with Crippen LogP contribution in [0.1, 0.15) is 48.0 Å². The number of halogens is 1. The Bertz CT molecular complexity index is 926. The van der Waals surface area contributed by atoms with Crippen LogP contribution in [0.15, 0.2) is 48.5 Å². The van der Waals surface area contributed by atoms with E-state index in [0.717, 1.165) is 56.6 Å². The molecule has 6 nitrogen and oxygen atoms in total. The zero-order valence-electron chi connectivity index (χ0n) is 17.5. The van der Waals surface area contributed by atoms with Crippen molar-refractivity contribution in [1.29, 1.82) is 0 Å². The molecule has 31 heavy (non-hydrogen) atoms. The van der Waals surface area contributed by atoms with Crippen molar-refractivity contribution in [2.45, 2.75) is 50.6 Å². The Morgan fingerprint density at radius 3 is 2.55 bits per heavy atom. The maximum Gasteiger partial charge on any atom is 0.270 e. The second-order valence-corrected chi connectivity index (χ2v) is 9.13. The first-order valence-corrected chi connectivity index (χ1v) is 11.4. The molecular formula is C24H28ClN3O3. The summed E-state index contributed by atoms with van der Waals surface area (Å²) in [4.78, 5) is 25.8. The van der Waals surface area contributed by atoms with Gasteiger partial charge < -0.3 is 5.32 Å². The molecule has 1 amide bonds. The van der Waals surface area contributed by atoms with Gasteiger partial charge in [-0.25, -0.2) is 0 Å². The molecule has 2 atom stereocenters. The summed E-state index contributed by atoms with van der Waals surface area (Å²) in [6.45, 7) is 2.10. The third-order valence-electron chi connectivity index (χ3n) is 6.67. The van der Waals surface area contributed by atoms with Gasteiger partial charge in [-0.05, 0) is 81.3 Å². The molecule has 2 aliphatic rings. The number of rotatable bonds is 6. The minimum Gasteiger partial charge on any atom is -0.348 e. The van der Waals surface area contributed by atoms with Gasteiger partial charge in [-0.15, -0.1) is 0 Å². The summed E-state index contributed by atoms with van der Waals surface area (Å²) in [5, 5.41) is 14.9. The first-order chi connectivity index (χ1) is 15.0. The molecule has 2 aromatic carbocycles. The molecule has 1 heterocycles. The third kappa shape index (κ3) is 5.43. The molecule has 1 saturated heterocycles. The number of non-ortho nitro benzene ring substituents is 1. The van der Waals surface area contributed by atoms with Gasteiger partial charge in [-0.3, -0.25) is 19.8 Å². The van der Waals surface area contributed by atoms with Crippen LogP contribution in [0.25, 0.3) is 0 Å². The smallest absolute Gasteiger partial charge is 0.270 e. The van der Waals surface area contributed by atoms with E-state index < -0.39 is 4.92 Å². The predicted molar refractivity (Wildman–Crippen MR) is 121 cm³/mol.